The van der Waals surface area contributed by atoms with Gasteiger partial charge in [-0.25, -0.2) is 0 Å². The third kappa shape index (κ3) is 53.1. The number of allylic oxidation sites excluding steroid dienone is 19. The van der Waals surface area contributed by atoms with Gasteiger partial charge in [-0.05, 0) is 116 Å². The van der Waals surface area contributed by atoms with Gasteiger partial charge in [-0.2, -0.15) is 0 Å². The lowest BCUT2D eigenvalue weighted by Crippen LogP contribution is -2.61. The number of hydrogen-bond donors (Lipinski definition) is 6. The van der Waals surface area contributed by atoms with Gasteiger partial charge < -0.3 is 45.1 Å². The van der Waals surface area contributed by atoms with Gasteiger partial charge in [-0.15, -0.1) is 0 Å². The molecule has 0 aromatic heterocycles. The smallest absolute Gasteiger partial charge is 0.306 e. The molecule has 8 unspecified atom stereocenters. The normalized spacial score (nSPS) is 18.7. The van der Waals surface area contributed by atoms with Crippen molar-refractivity contribution in [2.75, 3.05) is 13.2 Å². The fourth-order valence-electron chi connectivity index (χ4n) is 11.0. The van der Waals surface area contributed by atoms with Crippen LogP contribution in [0, 0.1) is 0 Å². The SMILES string of the molecule is CC/C=C\C/C=C\C/C=C\C/C=C\C/C=C\C/C=C\CCCCCCCCC(=O)OC1C(OCC(NC(=O)C(O)CCCCCCCCCCCCC/C=C\C/C=C\C/C=C\CCCCC)C(O)/C=C/CCCCCCCCCCCCC)OC(CO)C(O)C1O. The van der Waals surface area contributed by atoms with Gasteiger partial charge >= 0.3 is 5.97 Å². The number of aliphatic hydroxyl groups excluding tert-OH is 5. The Morgan fingerprint density at radius 2 is 0.791 bits per heavy atom. The van der Waals surface area contributed by atoms with Crippen LogP contribution in [-0.2, 0) is 23.8 Å². The zero-order valence-corrected chi connectivity index (χ0v) is 58.2. The fourth-order valence-corrected chi connectivity index (χ4v) is 11.0. The van der Waals surface area contributed by atoms with E-state index in [4.69, 9.17) is 14.2 Å². The third-order valence-electron chi connectivity index (χ3n) is 16.8. The number of rotatable bonds is 63. The van der Waals surface area contributed by atoms with Crippen molar-refractivity contribution in [2.45, 2.75) is 359 Å². The minimum Gasteiger partial charge on any atom is -0.454 e. The van der Waals surface area contributed by atoms with Crippen molar-refractivity contribution in [3.63, 3.8) is 0 Å². The maximum atomic E-state index is 13.5. The predicted molar refractivity (Wildman–Crippen MR) is 384 cm³/mol. The van der Waals surface area contributed by atoms with Crippen LogP contribution in [-0.4, -0.2) is 99.6 Å². The monoisotopic (exact) mass is 1270 g/mol. The molecule has 8 atom stereocenters. The summed E-state index contributed by atoms with van der Waals surface area (Å²) in [6.07, 6.45) is 82.3. The average Bonchev–Trinajstić information content (AvgIpc) is 1.09. The lowest BCUT2D eigenvalue weighted by Gasteiger charge is -2.41. The number of hydrogen-bond acceptors (Lipinski definition) is 10. The number of amides is 1. The van der Waals surface area contributed by atoms with Crippen molar-refractivity contribution in [1.82, 2.24) is 5.32 Å². The highest BCUT2D eigenvalue weighted by molar-refractivity contribution is 5.80. The van der Waals surface area contributed by atoms with Crippen molar-refractivity contribution in [1.29, 1.82) is 0 Å². The van der Waals surface area contributed by atoms with E-state index in [9.17, 15) is 35.1 Å². The molecule has 0 aliphatic carbocycles. The van der Waals surface area contributed by atoms with E-state index in [1.165, 1.54) is 128 Å². The molecule has 0 saturated carbocycles. The summed E-state index contributed by atoms with van der Waals surface area (Å²) in [7, 11) is 0. The Labute approximate surface area is 557 Å². The van der Waals surface area contributed by atoms with Gasteiger partial charge in [0, 0.05) is 6.42 Å². The van der Waals surface area contributed by atoms with Gasteiger partial charge in [0.2, 0.25) is 5.91 Å². The molecule has 11 heteroatoms. The quantitative estimate of drug-likeness (QED) is 0.0195. The summed E-state index contributed by atoms with van der Waals surface area (Å²) in [6.45, 7) is 5.67. The topological polar surface area (TPSA) is 175 Å². The van der Waals surface area contributed by atoms with Crippen LogP contribution in [0.15, 0.2) is 122 Å². The van der Waals surface area contributed by atoms with Crippen LogP contribution in [0.1, 0.15) is 310 Å². The van der Waals surface area contributed by atoms with E-state index in [1.54, 1.807) is 6.08 Å². The summed E-state index contributed by atoms with van der Waals surface area (Å²) in [5, 5.41) is 57.4. The van der Waals surface area contributed by atoms with Crippen LogP contribution in [0.3, 0.4) is 0 Å². The van der Waals surface area contributed by atoms with Crippen LogP contribution in [0.5, 0.6) is 0 Å². The fraction of sp³-hybridized carbons (Fsp3) is 0.725. The molecule has 0 bridgehead atoms. The predicted octanol–water partition coefficient (Wildman–Crippen LogP) is 19.7. The maximum Gasteiger partial charge on any atom is 0.306 e. The number of unbranched alkanes of at least 4 members (excludes halogenated alkanes) is 31. The van der Waals surface area contributed by atoms with Gasteiger partial charge in [0.1, 0.15) is 24.4 Å². The molecule has 1 fully saturated rings. The molecule has 522 valence electrons. The molecule has 0 aromatic rings. The average molecular weight is 1270 g/mol. The molecule has 11 nitrogen and oxygen atoms in total. The molecule has 1 heterocycles. The first kappa shape index (κ1) is 85.1. The summed E-state index contributed by atoms with van der Waals surface area (Å²) in [5.74, 6) is -1.21. The van der Waals surface area contributed by atoms with Crippen LogP contribution in [0.25, 0.3) is 0 Å². The molecule has 1 amide bonds. The van der Waals surface area contributed by atoms with Crippen molar-refractivity contribution < 1.29 is 49.3 Å². The molecule has 1 saturated heterocycles. The Balaban J connectivity index is 2.59. The second kappa shape index (κ2) is 66.1. The molecule has 1 rings (SSSR count). The number of carbonyl (C=O) groups excluding carboxylic acids is 2. The first-order valence-electron chi connectivity index (χ1n) is 37.3. The zero-order chi connectivity index (χ0) is 66.0. The van der Waals surface area contributed by atoms with Crippen LogP contribution < -0.4 is 5.32 Å². The highest BCUT2D eigenvalue weighted by Gasteiger charge is 2.47. The van der Waals surface area contributed by atoms with E-state index in [2.05, 4.69) is 135 Å². The molecular weight excluding hydrogens is 1130 g/mol. The van der Waals surface area contributed by atoms with Gasteiger partial charge in [-0.1, -0.05) is 309 Å². The number of aliphatic hydroxyl groups is 5. The number of esters is 1. The van der Waals surface area contributed by atoms with Crippen molar-refractivity contribution in [2.24, 2.45) is 0 Å². The third-order valence-corrected chi connectivity index (χ3v) is 16.8. The number of ether oxygens (including phenoxy) is 3. The van der Waals surface area contributed by atoms with Crippen molar-refractivity contribution >= 4 is 11.9 Å². The first-order chi connectivity index (χ1) is 44.7. The lowest BCUT2D eigenvalue weighted by molar-refractivity contribution is -0.305. The van der Waals surface area contributed by atoms with E-state index >= 15 is 0 Å². The molecule has 91 heavy (non-hydrogen) atoms. The second-order valence-corrected chi connectivity index (χ2v) is 25.3. The molecule has 0 aromatic carbocycles. The van der Waals surface area contributed by atoms with Crippen LogP contribution in [0.4, 0.5) is 0 Å². The summed E-state index contributed by atoms with van der Waals surface area (Å²) >= 11 is 0. The zero-order valence-electron chi connectivity index (χ0n) is 58.2. The van der Waals surface area contributed by atoms with E-state index in [0.29, 0.717) is 12.8 Å². The highest BCUT2D eigenvalue weighted by atomic mass is 16.7. The van der Waals surface area contributed by atoms with Crippen molar-refractivity contribution in [3.05, 3.63) is 122 Å². The van der Waals surface area contributed by atoms with E-state index in [0.717, 1.165) is 135 Å². The highest BCUT2D eigenvalue weighted by Crippen LogP contribution is 2.26. The number of nitrogens with one attached hydrogen (secondary N) is 1. The summed E-state index contributed by atoms with van der Waals surface area (Å²) in [5.41, 5.74) is 0. The van der Waals surface area contributed by atoms with Crippen molar-refractivity contribution in [3.8, 4) is 0 Å². The largest absolute Gasteiger partial charge is 0.454 e. The minimum absolute atomic E-state index is 0.100. The Morgan fingerprint density at radius 3 is 1.21 bits per heavy atom. The lowest BCUT2D eigenvalue weighted by atomic mass is 9.99. The first-order valence-corrected chi connectivity index (χ1v) is 37.3. The second-order valence-electron chi connectivity index (χ2n) is 25.3. The molecule has 6 N–H and O–H groups in total. The van der Waals surface area contributed by atoms with Gasteiger partial charge in [-0.3, -0.25) is 9.59 Å². The van der Waals surface area contributed by atoms with E-state index < -0.39 is 67.4 Å². The Bertz CT molecular complexity index is 1950. The van der Waals surface area contributed by atoms with Gasteiger partial charge in [0.25, 0.3) is 0 Å². The molecule has 0 radical (unpaired) electrons. The van der Waals surface area contributed by atoms with Crippen LogP contribution >= 0.6 is 0 Å². The maximum absolute atomic E-state index is 13.5. The molecule has 1 aliphatic heterocycles. The van der Waals surface area contributed by atoms with E-state index in [1.807, 2.05) is 6.08 Å². The van der Waals surface area contributed by atoms with Gasteiger partial charge in [0.05, 0.1) is 25.4 Å². The van der Waals surface area contributed by atoms with E-state index in [-0.39, 0.29) is 19.4 Å². The Hall–Kier alpha value is -3.94. The molecular formula is C80H137NO10. The molecule has 0 spiro atoms. The van der Waals surface area contributed by atoms with Gasteiger partial charge in [0.15, 0.2) is 12.4 Å². The molecule has 1 aliphatic rings. The summed E-state index contributed by atoms with van der Waals surface area (Å²) < 4.78 is 17.7. The van der Waals surface area contributed by atoms with Crippen LogP contribution in [0.2, 0.25) is 0 Å². The summed E-state index contributed by atoms with van der Waals surface area (Å²) in [4.78, 5) is 26.7. The standard InChI is InChI=1S/C80H137NO10/c1-4-7-10-13-16-19-22-25-27-29-31-33-35-37-39-41-43-45-47-50-53-56-59-62-65-68-75(85)91-78-77(87)76(86)74(69-82)90-80(78)89-70-71(72(83)66-63-60-57-54-51-48-24-21-18-15-12-9-6-3)81-79(88)73(84)67-64-61-58-55-52-49-46-44-42-40-38-36-34-32-30-28-26-23-20-17-14-11-8-5-2/h7,10,16-17,19-20,25-28,31-34,37,39,43,45,63,66,71-74,76-78,80,82-84,86-87H,4-6,8-9,11-15,18,21-24,29-30,35-36,38,40-42,44,46-62,64-65,67-70H2,1-3H3,(H,81,88)/b10-7-,19-16-,20-17-,27-25-,28-26-,33-31-,34-32-,39-37-,45-43-,66-63+. The Kier molecular flexibility index (Phi) is 61.8. The number of carbonyl (C=O) groups is 2. The Morgan fingerprint density at radius 1 is 0.440 bits per heavy atom. The summed E-state index contributed by atoms with van der Waals surface area (Å²) in [6, 6.07) is -1.04. The minimum atomic E-state index is -1.63.